The highest BCUT2D eigenvalue weighted by molar-refractivity contribution is 7.91. The van der Waals surface area contributed by atoms with Crippen LogP contribution < -0.4 is 16.2 Å². The molecule has 2 unspecified atom stereocenters. The smallest absolute Gasteiger partial charge is 0.319 e. The van der Waals surface area contributed by atoms with Crippen molar-refractivity contribution in [3.8, 4) is 5.69 Å². The largest absolute Gasteiger partial charge is 0.335 e. The van der Waals surface area contributed by atoms with Crippen molar-refractivity contribution in [2.75, 3.05) is 11.1 Å². The van der Waals surface area contributed by atoms with Gasteiger partial charge in [-0.25, -0.2) is 13.2 Å². The minimum atomic E-state index is -3.58. The Balaban J connectivity index is 1.44. The molecule has 178 valence electrons. The maximum Gasteiger partial charge on any atom is 0.319 e. The number of sulfone groups is 1. The van der Waals surface area contributed by atoms with E-state index in [0.29, 0.717) is 16.4 Å². The Morgan fingerprint density at radius 2 is 1.68 bits per heavy atom. The van der Waals surface area contributed by atoms with Gasteiger partial charge in [-0.1, -0.05) is 30.5 Å². The summed E-state index contributed by atoms with van der Waals surface area (Å²) < 4.78 is 27.8. The summed E-state index contributed by atoms with van der Waals surface area (Å²) in [4.78, 5) is 24.7. The maximum atomic E-state index is 13.2. The van der Waals surface area contributed by atoms with Crippen LogP contribution in [0, 0.1) is 5.92 Å². The van der Waals surface area contributed by atoms with Gasteiger partial charge in [-0.3, -0.25) is 9.36 Å². The van der Waals surface area contributed by atoms with Gasteiger partial charge >= 0.3 is 6.03 Å². The molecule has 0 aliphatic heterocycles. The fourth-order valence-corrected chi connectivity index (χ4v) is 6.13. The zero-order valence-electron chi connectivity index (χ0n) is 18.5. The van der Waals surface area contributed by atoms with Crippen LogP contribution in [0.2, 0.25) is 5.02 Å². The molecule has 2 N–H and O–H groups in total. The zero-order valence-corrected chi connectivity index (χ0v) is 20.1. The SMILES string of the molecule is O=C(Nc1ccc(Cl)cc1)NC1CCCCC1CS(=O)(=O)c1ccc(-n2ccccc2=O)cc1. The molecule has 9 heteroatoms. The topological polar surface area (TPSA) is 97.3 Å². The van der Waals surface area contributed by atoms with Crippen LogP contribution in [0.15, 0.2) is 82.6 Å². The van der Waals surface area contributed by atoms with Gasteiger partial charge in [-0.05, 0) is 73.4 Å². The van der Waals surface area contributed by atoms with E-state index < -0.39 is 9.84 Å². The van der Waals surface area contributed by atoms with Crippen molar-refractivity contribution >= 4 is 33.2 Å². The van der Waals surface area contributed by atoms with Crippen LogP contribution in [-0.2, 0) is 9.84 Å². The van der Waals surface area contributed by atoms with Gasteiger partial charge in [-0.2, -0.15) is 0 Å². The van der Waals surface area contributed by atoms with E-state index in [9.17, 15) is 18.0 Å². The normalized spacial score (nSPS) is 18.3. The van der Waals surface area contributed by atoms with E-state index in [4.69, 9.17) is 11.6 Å². The molecule has 0 bridgehead atoms. The zero-order chi connectivity index (χ0) is 24.1. The fourth-order valence-electron chi connectivity index (χ4n) is 4.30. The first-order valence-electron chi connectivity index (χ1n) is 11.2. The maximum absolute atomic E-state index is 13.2. The minimum absolute atomic E-state index is 0.0521. The summed E-state index contributed by atoms with van der Waals surface area (Å²) >= 11 is 5.88. The fraction of sp³-hybridized carbons (Fsp3) is 0.280. The summed E-state index contributed by atoms with van der Waals surface area (Å²) in [7, 11) is -3.58. The number of benzene rings is 2. The van der Waals surface area contributed by atoms with Gasteiger partial charge in [0.05, 0.1) is 10.6 Å². The van der Waals surface area contributed by atoms with E-state index >= 15 is 0 Å². The van der Waals surface area contributed by atoms with Gasteiger partial charge in [0.1, 0.15) is 0 Å². The minimum Gasteiger partial charge on any atom is -0.335 e. The number of rotatable bonds is 6. The molecule has 3 aromatic rings. The number of nitrogens with one attached hydrogen (secondary N) is 2. The highest BCUT2D eigenvalue weighted by Crippen LogP contribution is 2.28. The number of carbonyl (C=O) groups excluding carboxylic acids is 1. The van der Waals surface area contributed by atoms with Crippen molar-refractivity contribution in [2.45, 2.75) is 36.6 Å². The van der Waals surface area contributed by atoms with Crippen molar-refractivity contribution in [2.24, 2.45) is 5.92 Å². The Kier molecular flexibility index (Phi) is 7.38. The number of hydrogen-bond donors (Lipinski definition) is 2. The molecular formula is C25H26ClN3O4S. The number of nitrogens with zero attached hydrogens (tertiary/aromatic N) is 1. The summed E-state index contributed by atoms with van der Waals surface area (Å²) in [6, 6.07) is 17.3. The van der Waals surface area contributed by atoms with Crippen LogP contribution in [0.1, 0.15) is 25.7 Å². The first-order chi connectivity index (χ1) is 16.3. The van der Waals surface area contributed by atoms with E-state index in [1.54, 1.807) is 54.7 Å². The number of urea groups is 1. The lowest BCUT2D eigenvalue weighted by atomic mass is 9.86. The highest BCUT2D eigenvalue weighted by atomic mass is 35.5. The monoisotopic (exact) mass is 499 g/mol. The molecule has 1 aliphatic rings. The van der Waals surface area contributed by atoms with E-state index in [1.807, 2.05) is 0 Å². The predicted molar refractivity (Wildman–Crippen MR) is 133 cm³/mol. The Morgan fingerprint density at radius 1 is 0.971 bits per heavy atom. The third-order valence-corrected chi connectivity index (χ3v) is 8.17. The van der Waals surface area contributed by atoms with Crippen molar-refractivity contribution in [1.82, 2.24) is 9.88 Å². The van der Waals surface area contributed by atoms with Gasteiger partial charge in [0.15, 0.2) is 9.84 Å². The number of pyridine rings is 1. The standard InChI is InChI=1S/C25H26ClN3O4S/c26-19-8-10-20(11-9-19)27-25(31)28-23-6-2-1-5-18(23)17-34(32,33)22-14-12-21(13-15-22)29-16-4-3-7-24(29)30/h3-4,7-16,18,23H,1-2,5-6,17H2,(H2,27,28,31). The summed E-state index contributed by atoms with van der Waals surface area (Å²) in [5, 5.41) is 6.31. The molecule has 1 fully saturated rings. The van der Waals surface area contributed by atoms with E-state index in [-0.39, 0.29) is 34.2 Å². The number of amides is 2. The summed E-state index contributed by atoms with van der Waals surface area (Å²) in [5.74, 6) is -0.241. The first-order valence-corrected chi connectivity index (χ1v) is 13.2. The van der Waals surface area contributed by atoms with Crippen LogP contribution in [0.4, 0.5) is 10.5 Å². The van der Waals surface area contributed by atoms with E-state index in [0.717, 1.165) is 25.7 Å². The van der Waals surface area contributed by atoms with Gasteiger partial charge in [0.2, 0.25) is 0 Å². The summed E-state index contributed by atoms with van der Waals surface area (Å²) in [6.45, 7) is 0. The van der Waals surface area contributed by atoms with Crippen molar-refractivity contribution in [1.29, 1.82) is 0 Å². The number of halogens is 1. The van der Waals surface area contributed by atoms with Crippen molar-refractivity contribution < 1.29 is 13.2 Å². The van der Waals surface area contributed by atoms with Crippen LogP contribution in [0.3, 0.4) is 0 Å². The molecule has 7 nitrogen and oxygen atoms in total. The summed E-state index contributed by atoms with van der Waals surface area (Å²) in [6.07, 6.45) is 4.95. The average molecular weight is 500 g/mol. The Bertz CT molecular complexity index is 1300. The molecule has 0 spiro atoms. The van der Waals surface area contributed by atoms with Crippen molar-refractivity contribution in [3.05, 3.63) is 88.3 Å². The van der Waals surface area contributed by atoms with Crippen LogP contribution in [0.5, 0.6) is 0 Å². The molecule has 4 rings (SSSR count). The molecule has 1 heterocycles. The van der Waals surface area contributed by atoms with Crippen molar-refractivity contribution in [3.63, 3.8) is 0 Å². The molecule has 2 aromatic carbocycles. The van der Waals surface area contributed by atoms with E-state index in [1.165, 1.54) is 22.8 Å². The van der Waals surface area contributed by atoms with Crippen LogP contribution in [0.25, 0.3) is 5.69 Å². The molecule has 34 heavy (non-hydrogen) atoms. The third-order valence-electron chi connectivity index (χ3n) is 6.06. The second-order valence-corrected chi connectivity index (χ2v) is 10.9. The molecular weight excluding hydrogens is 474 g/mol. The highest BCUT2D eigenvalue weighted by Gasteiger charge is 2.31. The lowest BCUT2D eigenvalue weighted by molar-refractivity contribution is 0.233. The van der Waals surface area contributed by atoms with Crippen LogP contribution >= 0.6 is 11.6 Å². The number of anilines is 1. The second-order valence-electron chi connectivity index (χ2n) is 8.44. The molecule has 1 saturated carbocycles. The van der Waals surface area contributed by atoms with E-state index in [2.05, 4.69) is 10.6 Å². The Hall–Kier alpha value is -3.10. The van der Waals surface area contributed by atoms with Gasteiger partial charge < -0.3 is 10.6 Å². The molecule has 1 aromatic heterocycles. The summed E-state index contributed by atoms with van der Waals surface area (Å²) in [5.41, 5.74) is 1.02. The van der Waals surface area contributed by atoms with Gasteiger partial charge in [0, 0.05) is 34.7 Å². The molecule has 1 aliphatic carbocycles. The second kappa shape index (κ2) is 10.4. The quantitative estimate of drug-likeness (QED) is 0.516. The van der Waals surface area contributed by atoms with Gasteiger partial charge in [0.25, 0.3) is 5.56 Å². The number of hydrogen-bond acceptors (Lipinski definition) is 4. The first kappa shape index (κ1) is 24.0. The molecule has 2 atom stereocenters. The average Bonchev–Trinajstić information content (AvgIpc) is 2.82. The van der Waals surface area contributed by atoms with Crippen LogP contribution in [-0.4, -0.2) is 30.8 Å². The molecule has 2 amide bonds. The Morgan fingerprint density at radius 3 is 2.38 bits per heavy atom. The molecule has 0 saturated heterocycles. The molecule has 0 radical (unpaired) electrons. The third kappa shape index (κ3) is 5.87. The van der Waals surface area contributed by atoms with Gasteiger partial charge in [-0.15, -0.1) is 0 Å². The number of aromatic nitrogens is 1. The Labute approximate surface area is 203 Å². The lowest BCUT2D eigenvalue weighted by Gasteiger charge is -2.32. The number of carbonyl (C=O) groups is 1. The predicted octanol–water partition coefficient (Wildman–Crippen LogP) is 4.65. The lowest BCUT2D eigenvalue weighted by Crippen LogP contribution is -2.46.